The van der Waals surface area contributed by atoms with Gasteiger partial charge in [0, 0.05) is 34.3 Å². The van der Waals surface area contributed by atoms with Crippen LogP contribution in [0, 0.1) is 0 Å². The molecule has 2 aliphatic rings. The SMILES string of the molecule is c1ccc2c(c1)OCCC2NCc1cc2c(s1)CCC2. The third-order valence-electron chi connectivity index (χ3n) is 4.28. The van der Waals surface area contributed by atoms with Gasteiger partial charge in [0.2, 0.25) is 0 Å². The quantitative estimate of drug-likeness (QED) is 0.925. The van der Waals surface area contributed by atoms with Gasteiger partial charge in [-0.25, -0.2) is 0 Å². The van der Waals surface area contributed by atoms with E-state index in [1.165, 1.54) is 29.7 Å². The van der Waals surface area contributed by atoms with Crippen LogP contribution < -0.4 is 10.1 Å². The molecule has 2 heterocycles. The summed E-state index contributed by atoms with van der Waals surface area (Å²) in [5.41, 5.74) is 2.90. The van der Waals surface area contributed by atoms with Crippen molar-refractivity contribution >= 4 is 11.3 Å². The number of thiophene rings is 1. The minimum absolute atomic E-state index is 0.428. The maximum atomic E-state index is 5.72. The van der Waals surface area contributed by atoms with Crippen molar-refractivity contribution in [1.29, 1.82) is 0 Å². The van der Waals surface area contributed by atoms with Gasteiger partial charge in [0.05, 0.1) is 6.61 Å². The average Bonchev–Trinajstić information content (AvgIpc) is 3.06. The molecule has 0 fully saturated rings. The Morgan fingerprint density at radius 3 is 3.15 bits per heavy atom. The second-order valence-corrected chi connectivity index (χ2v) is 6.84. The molecule has 20 heavy (non-hydrogen) atoms. The van der Waals surface area contributed by atoms with Crippen molar-refractivity contribution in [2.45, 2.75) is 38.3 Å². The highest BCUT2D eigenvalue weighted by atomic mass is 32.1. The van der Waals surface area contributed by atoms with Gasteiger partial charge >= 0.3 is 0 Å². The number of benzene rings is 1. The zero-order valence-corrected chi connectivity index (χ0v) is 12.3. The lowest BCUT2D eigenvalue weighted by atomic mass is 10.0. The van der Waals surface area contributed by atoms with Crippen LogP contribution in [-0.2, 0) is 19.4 Å². The number of aryl methyl sites for hydroxylation is 2. The normalized spacial score (nSPS) is 20.3. The van der Waals surface area contributed by atoms with Gasteiger partial charge in [0.1, 0.15) is 5.75 Å². The van der Waals surface area contributed by atoms with Gasteiger partial charge in [-0.3, -0.25) is 0 Å². The first kappa shape index (κ1) is 12.4. The summed E-state index contributed by atoms with van der Waals surface area (Å²) < 4.78 is 5.72. The fourth-order valence-electron chi connectivity index (χ4n) is 3.26. The molecule has 0 saturated heterocycles. The van der Waals surface area contributed by atoms with E-state index in [9.17, 15) is 0 Å². The van der Waals surface area contributed by atoms with E-state index in [2.05, 4.69) is 29.6 Å². The van der Waals surface area contributed by atoms with Crippen molar-refractivity contribution in [2.24, 2.45) is 0 Å². The number of ether oxygens (including phenoxy) is 1. The average molecular weight is 285 g/mol. The molecule has 4 rings (SSSR count). The monoisotopic (exact) mass is 285 g/mol. The van der Waals surface area contributed by atoms with E-state index in [-0.39, 0.29) is 0 Å². The molecule has 1 unspecified atom stereocenters. The van der Waals surface area contributed by atoms with Crippen LogP contribution in [0.1, 0.15) is 39.8 Å². The third kappa shape index (κ3) is 2.25. The van der Waals surface area contributed by atoms with Gasteiger partial charge in [0.15, 0.2) is 0 Å². The van der Waals surface area contributed by atoms with Crippen molar-refractivity contribution in [3.63, 3.8) is 0 Å². The van der Waals surface area contributed by atoms with Gasteiger partial charge in [-0.05, 0) is 37.0 Å². The Morgan fingerprint density at radius 1 is 1.25 bits per heavy atom. The van der Waals surface area contributed by atoms with E-state index >= 15 is 0 Å². The standard InChI is InChI=1S/C17H19NOS/c1-2-6-16-14(5-1)15(8-9-19-16)18-11-13-10-12-4-3-7-17(12)20-13/h1-2,5-6,10,15,18H,3-4,7-9,11H2. The number of hydrogen-bond donors (Lipinski definition) is 1. The highest BCUT2D eigenvalue weighted by molar-refractivity contribution is 7.12. The Kier molecular flexibility index (Phi) is 3.25. The lowest BCUT2D eigenvalue weighted by molar-refractivity contribution is 0.252. The first-order valence-corrected chi connectivity index (χ1v) is 8.27. The third-order valence-corrected chi connectivity index (χ3v) is 5.52. The largest absolute Gasteiger partial charge is 0.493 e. The molecular weight excluding hydrogens is 266 g/mol. The number of rotatable bonds is 3. The van der Waals surface area contributed by atoms with Gasteiger partial charge in [0.25, 0.3) is 0 Å². The molecule has 0 bridgehead atoms. The summed E-state index contributed by atoms with van der Waals surface area (Å²) in [5.74, 6) is 1.05. The zero-order chi connectivity index (χ0) is 13.4. The lowest BCUT2D eigenvalue weighted by Gasteiger charge is -2.26. The summed E-state index contributed by atoms with van der Waals surface area (Å²) in [4.78, 5) is 3.10. The van der Waals surface area contributed by atoms with Crippen LogP contribution in [0.2, 0.25) is 0 Å². The first-order chi connectivity index (χ1) is 9.90. The smallest absolute Gasteiger partial charge is 0.124 e. The number of fused-ring (bicyclic) bond motifs is 2. The molecule has 1 N–H and O–H groups in total. The Labute approximate surface area is 123 Å². The predicted octanol–water partition coefficient (Wildman–Crippen LogP) is 3.85. The maximum absolute atomic E-state index is 5.72. The van der Waals surface area contributed by atoms with Crippen molar-refractivity contribution < 1.29 is 4.74 Å². The lowest BCUT2D eigenvalue weighted by Crippen LogP contribution is -2.26. The molecular formula is C17H19NOS. The van der Waals surface area contributed by atoms with E-state index in [4.69, 9.17) is 4.74 Å². The molecule has 0 amide bonds. The molecule has 2 aromatic rings. The summed E-state index contributed by atoms with van der Waals surface area (Å²) in [6.07, 6.45) is 4.98. The van der Waals surface area contributed by atoms with E-state index in [1.807, 2.05) is 17.4 Å². The van der Waals surface area contributed by atoms with Gasteiger partial charge < -0.3 is 10.1 Å². The van der Waals surface area contributed by atoms with Gasteiger partial charge in [-0.1, -0.05) is 18.2 Å². The van der Waals surface area contributed by atoms with Crippen LogP contribution in [-0.4, -0.2) is 6.61 Å². The Hall–Kier alpha value is -1.32. The highest BCUT2D eigenvalue weighted by Gasteiger charge is 2.21. The number of nitrogens with one attached hydrogen (secondary N) is 1. The summed E-state index contributed by atoms with van der Waals surface area (Å²) >= 11 is 2.00. The molecule has 1 aliphatic heterocycles. The van der Waals surface area contributed by atoms with Crippen LogP contribution in [0.25, 0.3) is 0 Å². The fraction of sp³-hybridized carbons (Fsp3) is 0.412. The zero-order valence-electron chi connectivity index (χ0n) is 11.5. The van der Waals surface area contributed by atoms with Crippen LogP contribution in [0.15, 0.2) is 30.3 Å². The Balaban J connectivity index is 1.47. The molecule has 3 heteroatoms. The van der Waals surface area contributed by atoms with E-state index < -0.39 is 0 Å². The number of para-hydroxylation sites is 1. The van der Waals surface area contributed by atoms with Crippen LogP contribution >= 0.6 is 11.3 Å². The minimum Gasteiger partial charge on any atom is -0.493 e. The van der Waals surface area contributed by atoms with Crippen LogP contribution in [0.4, 0.5) is 0 Å². The molecule has 1 aliphatic carbocycles. The van der Waals surface area contributed by atoms with Crippen LogP contribution in [0.5, 0.6) is 5.75 Å². The molecule has 1 atom stereocenters. The summed E-state index contributed by atoms with van der Waals surface area (Å²) in [5, 5.41) is 3.71. The van der Waals surface area contributed by atoms with Gasteiger partial charge in [-0.15, -0.1) is 11.3 Å². The Morgan fingerprint density at radius 2 is 2.20 bits per heavy atom. The van der Waals surface area contributed by atoms with E-state index in [0.717, 1.165) is 25.3 Å². The second kappa shape index (κ2) is 5.23. The fourth-order valence-corrected chi connectivity index (χ4v) is 4.47. The minimum atomic E-state index is 0.428. The molecule has 104 valence electrons. The number of hydrogen-bond acceptors (Lipinski definition) is 3. The van der Waals surface area contributed by atoms with Crippen molar-refractivity contribution in [3.05, 3.63) is 51.2 Å². The van der Waals surface area contributed by atoms with E-state index in [0.29, 0.717) is 6.04 Å². The molecule has 2 nitrogen and oxygen atoms in total. The van der Waals surface area contributed by atoms with Crippen molar-refractivity contribution in [1.82, 2.24) is 5.32 Å². The topological polar surface area (TPSA) is 21.3 Å². The van der Waals surface area contributed by atoms with E-state index in [1.54, 1.807) is 10.4 Å². The molecule has 1 aromatic heterocycles. The molecule has 0 spiro atoms. The van der Waals surface area contributed by atoms with Gasteiger partial charge in [-0.2, -0.15) is 0 Å². The predicted molar refractivity (Wildman–Crippen MR) is 82.5 cm³/mol. The summed E-state index contributed by atoms with van der Waals surface area (Å²) in [6, 6.07) is 11.2. The molecule has 0 saturated carbocycles. The van der Waals surface area contributed by atoms with Crippen molar-refractivity contribution in [2.75, 3.05) is 6.61 Å². The van der Waals surface area contributed by atoms with Crippen LogP contribution in [0.3, 0.4) is 0 Å². The van der Waals surface area contributed by atoms with Crippen molar-refractivity contribution in [3.8, 4) is 5.75 Å². The molecule has 1 aromatic carbocycles. The maximum Gasteiger partial charge on any atom is 0.124 e. The highest BCUT2D eigenvalue weighted by Crippen LogP contribution is 2.33. The Bertz CT molecular complexity index is 598. The first-order valence-electron chi connectivity index (χ1n) is 7.46. The summed E-state index contributed by atoms with van der Waals surface area (Å²) in [7, 11) is 0. The molecule has 0 radical (unpaired) electrons. The second-order valence-electron chi connectivity index (χ2n) is 5.62. The summed E-state index contributed by atoms with van der Waals surface area (Å²) in [6.45, 7) is 1.80.